The van der Waals surface area contributed by atoms with E-state index < -0.39 is 0 Å². The molecule has 1 aromatic heterocycles. The molecular weight excluding hydrogens is 264 g/mol. The molecular formula is C14H11ClN2S. The minimum absolute atomic E-state index is 0.707. The van der Waals surface area contributed by atoms with Gasteiger partial charge in [-0.3, -0.25) is 0 Å². The summed E-state index contributed by atoms with van der Waals surface area (Å²) >= 11 is 7.56. The zero-order valence-corrected chi connectivity index (χ0v) is 11.1. The molecule has 0 atom stereocenters. The summed E-state index contributed by atoms with van der Waals surface area (Å²) in [5.74, 6) is 0. The first-order valence-electron chi connectivity index (χ1n) is 5.53. The lowest BCUT2D eigenvalue weighted by Gasteiger charge is -2.06. The molecule has 0 aliphatic rings. The molecule has 0 saturated carbocycles. The molecule has 2 aromatic carbocycles. The highest BCUT2D eigenvalue weighted by Gasteiger charge is 2.09. The van der Waals surface area contributed by atoms with Crippen molar-refractivity contribution in [1.29, 1.82) is 0 Å². The fourth-order valence-electron chi connectivity index (χ4n) is 1.90. The number of halogens is 1. The summed E-state index contributed by atoms with van der Waals surface area (Å²) in [6.45, 7) is 0. The minimum atomic E-state index is 0.707. The second-order valence-corrected chi connectivity index (χ2v) is 5.49. The fraction of sp³-hybridized carbons (Fsp3) is 0. The number of nitrogen functional groups attached to an aromatic ring is 1. The molecule has 3 N–H and O–H groups in total. The Balaban J connectivity index is 2.07. The third-order valence-corrected chi connectivity index (χ3v) is 3.95. The normalized spacial score (nSPS) is 10.7. The third kappa shape index (κ3) is 2.03. The number of hydrogen-bond donors (Lipinski definition) is 2. The van der Waals surface area contributed by atoms with Crippen LogP contribution in [0.4, 0.5) is 16.4 Å². The number of benzene rings is 2. The Morgan fingerprint density at radius 3 is 2.72 bits per heavy atom. The van der Waals surface area contributed by atoms with E-state index in [1.165, 1.54) is 4.70 Å². The Morgan fingerprint density at radius 2 is 1.89 bits per heavy atom. The molecule has 0 unspecified atom stereocenters. The van der Waals surface area contributed by atoms with E-state index in [9.17, 15) is 0 Å². The molecule has 2 nitrogen and oxygen atoms in total. The van der Waals surface area contributed by atoms with Crippen molar-refractivity contribution in [3.63, 3.8) is 0 Å². The summed E-state index contributed by atoms with van der Waals surface area (Å²) in [6.07, 6.45) is 0. The minimum Gasteiger partial charge on any atom is -0.389 e. The second-order valence-electron chi connectivity index (χ2n) is 3.97. The van der Waals surface area contributed by atoms with Crippen molar-refractivity contribution in [2.24, 2.45) is 0 Å². The van der Waals surface area contributed by atoms with Gasteiger partial charge in [0.15, 0.2) is 0 Å². The van der Waals surface area contributed by atoms with Gasteiger partial charge < -0.3 is 11.1 Å². The van der Waals surface area contributed by atoms with E-state index >= 15 is 0 Å². The lowest BCUT2D eigenvalue weighted by molar-refractivity contribution is 1.60. The smallest absolute Gasteiger partial charge is 0.111 e. The Labute approximate surface area is 114 Å². The van der Waals surface area contributed by atoms with Crippen LogP contribution in [0, 0.1) is 0 Å². The van der Waals surface area contributed by atoms with E-state index in [-0.39, 0.29) is 0 Å². The van der Waals surface area contributed by atoms with Gasteiger partial charge in [0.25, 0.3) is 0 Å². The predicted molar refractivity (Wildman–Crippen MR) is 81.0 cm³/mol. The number of anilines is 3. The van der Waals surface area contributed by atoms with Crippen LogP contribution in [0.25, 0.3) is 10.1 Å². The molecule has 0 saturated heterocycles. The number of nitrogens with one attached hydrogen (secondary N) is 1. The lowest BCUT2D eigenvalue weighted by Crippen LogP contribution is -1.92. The number of hydrogen-bond acceptors (Lipinski definition) is 3. The number of fused-ring (bicyclic) bond motifs is 1. The highest BCUT2D eigenvalue weighted by atomic mass is 35.5. The maximum atomic E-state index is 6.06. The zero-order chi connectivity index (χ0) is 12.5. The molecule has 90 valence electrons. The van der Waals surface area contributed by atoms with Crippen LogP contribution in [0.15, 0.2) is 48.5 Å². The average molecular weight is 275 g/mol. The molecule has 0 fully saturated rings. The van der Waals surface area contributed by atoms with Gasteiger partial charge in [-0.1, -0.05) is 35.9 Å². The Kier molecular flexibility index (Phi) is 2.86. The van der Waals surface area contributed by atoms with Crippen LogP contribution in [-0.2, 0) is 0 Å². The van der Waals surface area contributed by atoms with Crippen LogP contribution >= 0.6 is 22.9 Å². The van der Waals surface area contributed by atoms with Gasteiger partial charge in [0.1, 0.15) is 5.00 Å². The van der Waals surface area contributed by atoms with Crippen molar-refractivity contribution < 1.29 is 0 Å². The first-order valence-corrected chi connectivity index (χ1v) is 6.73. The summed E-state index contributed by atoms with van der Waals surface area (Å²) in [5, 5.41) is 5.97. The van der Waals surface area contributed by atoms with Gasteiger partial charge in [0, 0.05) is 20.8 Å². The number of thiophene rings is 1. The first kappa shape index (κ1) is 11.4. The molecule has 4 heteroatoms. The van der Waals surface area contributed by atoms with Crippen LogP contribution in [0.2, 0.25) is 5.02 Å². The van der Waals surface area contributed by atoms with Crippen LogP contribution < -0.4 is 11.1 Å². The molecule has 0 bridgehead atoms. The molecule has 0 radical (unpaired) electrons. The summed E-state index contributed by atoms with van der Waals surface area (Å²) in [6, 6.07) is 15.8. The summed E-state index contributed by atoms with van der Waals surface area (Å²) < 4.78 is 1.18. The van der Waals surface area contributed by atoms with E-state index in [4.69, 9.17) is 17.3 Å². The van der Waals surface area contributed by atoms with E-state index in [0.29, 0.717) is 5.02 Å². The maximum absolute atomic E-state index is 6.06. The second kappa shape index (κ2) is 4.52. The van der Waals surface area contributed by atoms with Gasteiger partial charge in [-0.05, 0) is 24.3 Å². The lowest BCUT2D eigenvalue weighted by atomic mass is 10.2. The SMILES string of the molecule is Nc1sc2ccccc2c1Nc1cccc(Cl)c1. The van der Waals surface area contributed by atoms with Crippen LogP contribution in [0.1, 0.15) is 0 Å². The van der Waals surface area contributed by atoms with Crippen molar-refractivity contribution in [1.82, 2.24) is 0 Å². The monoisotopic (exact) mass is 274 g/mol. The summed E-state index contributed by atoms with van der Waals surface area (Å²) in [4.78, 5) is 0. The van der Waals surface area contributed by atoms with E-state index in [2.05, 4.69) is 17.4 Å². The maximum Gasteiger partial charge on any atom is 0.111 e. The summed E-state index contributed by atoms with van der Waals surface area (Å²) in [5.41, 5.74) is 7.96. The Bertz CT molecular complexity index is 706. The van der Waals surface area contributed by atoms with E-state index in [0.717, 1.165) is 21.8 Å². The van der Waals surface area contributed by atoms with E-state index in [1.54, 1.807) is 11.3 Å². The Hall–Kier alpha value is -1.71. The zero-order valence-electron chi connectivity index (χ0n) is 9.48. The number of rotatable bonds is 2. The van der Waals surface area contributed by atoms with Gasteiger partial charge in [0.2, 0.25) is 0 Å². The van der Waals surface area contributed by atoms with Crippen LogP contribution in [0.5, 0.6) is 0 Å². The van der Waals surface area contributed by atoms with Crippen molar-refractivity contribution >= 4 is 49.4 Å². The van der Waals surface area contributed by atoms with Gasteiger partial charge in [-0.2, -0.15) is 0 Å². The molecule has 3 rings (SSSR count). The van der Waals surface area contributed by atoms with Gasteiger partial charge >= 0.3 is 0 Å². The van der Waals surface area contributed by atoms with Crippen molar-refractivity contribution in [3.05, 3.63) is 53.6 Å². The first-order chi connectivity index (χ1) is 8.74. The Morgan fingerprint density at radius 1 is 1.06 bits per heavy atom. The van der Waals surface area contributed by atoms with Gasteiger partial charge in [0.05, 0.1) is 5.69 Å². The van der Waals surface area contributed by atoms with Crippen LogP contribution in [-0.4, -0.2) is 0 Å². The third-order valence-electron chi connectivity index (χ3n) is 2.72. The summed E-state index contributed by atoms with van der Waals surface area (Å²) in [7, 11) is 0. The molecule has 0 spiro atoms. The molecule has 1 heterocycles. The van der Waals surface area contributed by atoms with Crippen molar-refractivity contribution in [3.8, 4) is 0 Å². The predicted octanol–water partition coefficient (Wildman–Crippen LogP) is 4.88. The topological polar surface area (TPSA) is 38.0 Å². The fourth-order valence-corrected chi connectivity index (χ4v) is 3.02. The molecule has 0 amide bonds. The van der Waals surface area contributed by atoms with E-state index in [1.807, 2.05) is 36.4 Å². The highest BCUT2D eigenvalue weighted by molar-refractivity contribution is 7.23. The number of nitrogens with two attached hydrogens (primary N) is 1. The average Bonchev–Trinajstić information content (AvgIpc) is 2.66. The van der Waals surface area contributed by atoms with Gasteiger partial charge in [-0.25, -0.2) is 0 Å². The molecule has 18 heavy (non-hydrogen) atoms. The molecule has 3 aromatic rings. The standard InChI is InChI=1S/C14H11ClN2S/c15-9-4-3-5-10(8-9)17-13-11-6-1-2-7-12(11)18-14(13)16/h1-8,17H,16H2. The largest absolute Gasteiger partial charge is 0.389 e. The highest BCUT2D eigenvalue weighted by Crippen LogP contribution is 2.39. The van der Waals surface area contributed by atoms with Gasteiger partial charge in [-0.15, -0.1) is 11.3 Å². The molecule has 0 aliphatic heterocycles. The molecule has 0 aliphatic carbocycles. The van der Waals surface area contributed by atoms with Crippen molar-refractivity contribution in [2.75, 3.05) is 11.1 Å². The van der Waals surface area contributed by atoms with Crippen molar-refractivity contribution in [2.45, 2.75) is 0 Å². The quantitative estimate of drug-likeness (QED) is 0.699. The van der Waals surface area contributed by atoms with Crippen LogP contribution in [0.3, 0.4) is 0 Å².